The summed E-state index contributed by atoms with van der Waals surface area (Å²) in [6, 6.07) is 12.6. The molecule has 3 rings (SSSR count). The Kier molecular flexibility index (Phi) is 7.64. The van der Waals surface area contributed by atoms with Crippen molar-refractivity contribution in [3.8, 4) is 0 Å². The third kappa shape index (κ3) is 6.17. The van der Waals surface area contributed by atoms with Crippen LogP contribution in [-0.2, 0) is 11.2 Å². The van der Waals surface area contributed by atoms with E-state index < -0.39 is 35.1 Å². The number of nitrogens with one attached hydrogen (secondary N) is 1. The van der Waals surface area contributed by atoms with Crippen LogP contribution >= 0.6 is 0 Å². The predicted molar refractivity (Wildman–Crippen MR) is 116 cm³/mol. The van der Waals surface area contributed by atoms with Crippen LogP contribution in [0.1, 0.15) is 42.4 Å². The first-order chi connectivity index (χ1) is 15.2. The Balaban J connectivity index is 1.88. The molecule has 0 spiro atoms. The highest BCUT2D eigenvalue weighted by Gasteiger charge is 2.21. The first-order valence-electron chi connectivity index (χ1n) is 10.3. The van der Waals surface area contributed by atoms with Gasteiger partial charge in [-0.2, -0.15) is 0 Å². The zero-order chi connectivity index (χ0) is 23.3. The van der Waals surface area contributed by atoms with Gasteiger partial charge >= 0.3 is 0 Å². The Morgan fingerprint density at radius 3 is 2.19 bits per heavy atom. The fraction of sp³-hybridized carbons (Fsp3) is 0.240. The van der Waals surface area contributed by atoms with E-state index in [1.807, 2.05) is 6.92 Å². The number of anilines is 1. The lowest BCUT2D eigenvalue weighted by atomic mass is 9.88. The molecule has 0 saturated carbocycles. The molecule has 168 valence electrons. The molecular formula is C25H24F4N2O. The third-order valence-electron chi connectivity index (χ3n) is 5.19. The van der Waals surface area contributed by atoms with Gasteiger partial charge in [0.1, 0.15) is 23.3 Å². The molecule has 0 heterocycles. The maximum absolute atomic E-state index is 14.4. The summed E-state index contributed by atoms with van der Waals surface area (Å²) in [5.74, 6) is -3.70. The van der Waals surface area contributed by atoms with Gasteiger partial charge < -0.3 is 11.1 Å². The lowest BCUT2D eigenvalue weighted by Crippen LogP contribution is -2.19. The van der Waals surface area contributed by atoms with Crippen LogP contribution in [0, 0.1) is 23.3 Å². The first-order valence-corrected chi connectivity index (χ1v) is 10.3. The minimum absolute atomic E-state index is 0.135. The number of nitrogens with two attached hydrogens (primary N) is 1. The van der Waals surface area contributed by atoms with Crippen molar-refractivity contribution in [1.82, 2.24) is 0 Å². The summed E-state index contributed by atoms with van der Waals surface area (Å²) in [7, 11) is 0. The van der Waals surface area contributed by atoms with Crippen molar-refractivity contribution < 1.29 is 22.4 Å². The highest BCUT2D eigenvalue weighted by atomic mass is 19.1. The number of rotatable bonds is 8. The molecule has 7 heteroatoms. The molecule has 0 fully saturated rings. The van der Waals surface area contributed by atoms with Crippen molar-refractivity contribution in [2.24, 2.45) is 5.73 Å². The van der Waals surface area contributed by atoms with E-state index in [0.29, 0.717) is 29.7 Å². The second kappa shape index (κ2) is 10.4. The van der Waals surface area contributed by atoms with E-state index in [1.54, 1.807) is 6.07 Å². The SMILES string of the molecule is C[C@@H](N)CCc1c(F)cccc1NC(=O)C[C@@H](c1ccc(F)cc1)c1cc(F)cc(F)c1. The van der Waals surface area contributed by atoms with Gasteiger partial charge in [0.05, 0.1) is 0 Å². The minimum atomic E-state index is -0.782. The molecule has 0 aliphatic carbocycles. The molecule has 0 radical (unpaired) electrons. The van der Waals surface area contributed by atoms with Crippen molar-refractivity contribution in [3.63, 3.8) is 0 Å². The van der Waals surface area contributed by atoms with Crippen molar-refractivity contribution in [2.75, 3.05) is 5.32 Å². The van der Waals surface area contributed by atoms with Gasteiger partial charge in [0.2, 0.25) is 5.91 Å². The lowest BCUT2D eigenvalue weighted by Gasteiger charge is -2.19. The number of halogens is 4. The molecule has 3 nitrogen and oxygen atoms in total. The van der Waals surface area contributed by atoms with Crippen LogP contribution in [0.3, 0.4) is 0 Å². The van der Waals surface area contributed by atoms with Crippen molar-refractivity contribution in [3.05, 3.63) is 101 Å². The fourth-order valence-electron chi connectivity index (χ4n) is 3.59. The Labute approximate surface area is 184 Å². The molecule has 3 aromatic rings. The number of amides is 1. The van der Waals surface area contributed by atoms with E-state index in [4.69, 9.17) is 5.73 Å². The second-order valence-electron chi connectivity index (χ2n) is 7.84. The minimum Gasteiger partial charge on any atom is -0.328 e. The van der Waals surface area contributed by atoms with Gasteiger partial charge in [-0.05, 0) is 67.3 Å². The first kappa shape index (κ1) is 23.5. The Hall–Kier alpha value is -3.19. The standard InChI is InChI=1S/C25H24F4N2O/c1-15(30)5-10-21-23(29)3-2-4-24(21)31-25(32)14-22(16-6-8-18(26)9-7-16)17-11-19(27)13-20(28)12-17/h2-4,6-9,11-13,15,22H,5,10,14,30H2,1H3,(H,31,32)/t15-,22+/m1/s1. The monoisotopic (exact) mass is 444 g/mol. The van der Waals surface area contributed by atoms with E-state index in [2.05, 4.69) is 5.32 Å². The quantitative estimate of drug-likeness (QED) is 0.439. The maximum atomic E-state index is 14.4. The van der Waals surface area contributed by atoms with Crippen molar-refractivity contribution in [1.29, 1.82) is 0 Å². The number of hydrogen-bond acceptors (Lipinski definition) is 2. The molecule has 0 unspecified atom stereocenters. The van der Waals surface area contributed by atoms with Gasteiger partial charge in [-0.25, -0.2) is 17.6 Å². The van der Waals surface area contributed by atoms with E-state index in [9.17, 15) is 22.4 Å². The molecular weight excluding hydrogens is 420 g/mol. The molecule has 3 N–H and O–H groups in total. The van der Waals surface area contributed by atoms with Crippen molar-refractivity contribution in [2.45, 2.75) is 38.1 Å². The topological polar surface area (TPSA) is 55.1 Å². The zero-order valence-corrected chi connectivity index (χ0v) is 17.5. The van der Waals surface area contributed by atoms with Gasteiger partial charge in [0, 0.05) is 35.7 Å². The van der Waals surface area contributed by atoms with Crippen LogP contribution in [0.2, 0.25) is 0 Å². The number of benzene rings is 3. The largest absolute Gasteiger partial charge is 0.328 e. The Morgan fingerprint density at radius 2 is 1.56 bits per heavy atom. The summed E-state index contributed by atoms with van der Waals surface area (Å²) in [4.78, 5) is 12.9. The zero-order valence-electron chi connectivity index (χ0n) is 17.5. The molecule has 2 atom stereocenters. The lowest BCUT2D eigenvalue weighted by molar-refractivity contribution is -0.116. The Morgan fingerprint density at radius 1 is 0.906 bits per heavy atom. The summed E-state index contributed by atoms with van der Waals surface area (Å²) >= 11 is 0. The normalized spacial score (nSPS) is 12.9. The highest BCUT2D eigenvalue weighted by Crippen LogP contribution is 2.30. The van der Waals surface area contributed by atoms with Crippen LogP contribution in [0.5, 0.6) is 0 Å². The van der Waals surface area contributed by atoms with Gasteiger partial charge in [-0.1, -0.05) is 18.2 Å². The summed E-state index contributed by atoms with van der Waals surface area (Å²) in [5, 5.41) is 2.70. The third-order valence-corrected chi connectivity index (χ3v) is 5.19. The average molecular weight is 444 g/mol. The van der Waals surface area contributed by atoms with Gasteiger partial charge in [-0.15, -0.1) is 0 Å². The molecule has 0 aliphatic rings. The highest BCUT2D eigenvalue weighted by molar-refractivity contribution is 5.92. The van der Waals surface area contributed by atoms with Crippen LogP contribution in [0.15, 0.2) is 60.7 Å². The molecule has 0 saturated heterocycles. The van der Waals surface area contributed by atoms with Gasteiger partial charge in [0.15, 0.2) is 0 Å². The maximum Gasteiger partial charge on any atom is 0.225 e. The fourth-order valence-corrected chi connectivity index (χ4v) is 3.59. The van der Waals surface area contributed by atoms with Crippen LogP contribution in [-0.4, -0.2) is 11.9 Å². The molecule has 32 heavy (non-hydrogen) atoms. The van der Waals surface area contributed by atoms with E-state index in [-0.39, 0.29) is 18.0 Å². The summed E-state index contributed by atoms with van der Waals surface area (Å²) in [6.07, 6.45) is 0.693. The molecule has 0 bridgehead atoms. The molecule has 0 aromatic heterocycles. The number of carbonyl (C=O) groups excluding carboxylic acids is 1. The van der Waals surface area contributed by atoms with Crippen LogP contribution in [0.25, 0.3) is 0 Å². The van der Waals surface area contributed by atoms with Crippen LogP contribution in [0.4, 0.5) is 23.2 Å². The Bertz CT molecular complexity index is 1060. The molecule has 3 aromatic carbocycles. The smallest absolute Gasteiger partial charge is 0.225 e. The van der Waals surface area contributed by atoms with E-state index in [1.165, 1.54) is 36.4 Å². The molecule has 1 amide bonds. The predicted octanol–water partition coefficient (Wildman–Crippen LogP) is 5.68. The van der Waals surface area contributed by atoms with E-state index in [0.717, 1.165) is 18.2 Å². The summed E-state index contributed by atoms with van der Waals surface area (Å²) in [6.45, 7) is 1.81. The summed E-state index contributed by atoms with van der Waals surface area (Å²) in [5.41, 5.74) is 7.19. The van der Waals surface area contributed by atoms with Crippen LogP contribution < -0.4 is 11.1 Å². The van der Waals surface area contributed by atoms with Gasteiger partial charge in [0.25, 0.3) is 0 Å². The number of carbonyl (C=O) groups is 1. The molecule has 0 aliphatic heterocycles. The number of hydrogen-bond donors (Lipinski definition) is 2. The van der Waals surface area contributed by atoms with Crippen molar-refractivity contribution >= 4 is 11.6 Å². The van der Waals surface area contributed by atoms with Gasteiger partial charge in [-0.3, -0.25) is 4.79 Å². The second-order valence-corrected chi connectivity index (χ2v) is 7.84. The van der Waals surface area contributed by atoms with E-state index >= 15 is 0 Å². The average Bonchev–Trinajstić information content (AvgIpc) is 2.71. The summed E-state index contributed by atoms with van der Waals surface area (Å²) < 4.78 is 55.5.